The van der Waals surface area contributed by atoms with Gasteiger partial charge in [-0.2, -0.15) is 13.2 Å². The van der Waals surface area contributed by atoms with E-state index >= 15 is 0 Å². The second-order valence-electron chi connectivity index (χ2n) is 5.49. The normalized spacial score (nSPS) is 11.2. The van der Waals surface area contributed by atoms with Gasteiger partial charge in [0.1, 0.15) is 18.1 Å². The maximum atomic E-state index is 13.3. The number of halogens is 4. The van der Waals surface area contributed by atoms with Crippen molar-refractivity contribution in [1.82, 2.24) is 0 Å². The zero-order valence-electron chi connectivity index (χ0n) is 14.2. The minimum atomic E-state index is -4.60. The third-order valence-corrected chi connectivity index (χ3v) is 4.07. The minimum absolute atomic E-state index is 0.142. The van der Waals surface area contributed by atoms with E-state index in [1.54, 1.807) is 19.1 Å². The molecule has 8 heteroatoms. The van der Waals surface area contributed by atoms with Crippen LogP contribution in [0.2, 0.25) is 5.02 Å². The van der Waals surface area contributed by atoms with Crippen LogP contribution in [0.4, 0.5) is 18.0 Å². The van der Waals surface area contributed by atoms with Crippen LogP contribution >= 0.6 is 11.6 Å². The Morgan fingerprint density at radius 3 is 2.42 bits per heavy atom. The van der Waals surface area contributed by atoms with Crippen molar-refractivity contribution < 1.29 is 32.2 Å². The maximum absolute atomic E-state index is 13.3. The van der Waals surface area contributed by atoms with Crippen LogP contribution < -0.4 is 9.47 Å². The molecular weight excluding hydrogens is 373 g/mol. The largest absolute Gasteiger partial charge is 0.513 e. The lowest BCUT2D eigenvalue weighted by Crippen LogP contribution is -2.12. The van der Waals surface area contributed by atoms with Crippen LogP contribution in [0.25, 0.3) is 0 Å². The number of methoxy groups -OCH3 is 1. The molecule has 0 N–H and O–H groups in total. The molecule has 0 amide bonds. The van der Waals surface area contributed by atoms with E-state index in [-0.39, 0.29) is 22.9 Å². The molecule has 0 saturated heterocycles. The summed E-state index contributed by atoms with van der Waals surface area (Å²) >= 11 is 5.93. The van der Waals surface area contributed by atoms with Gasteiger partial charge < -0.3 is 14.2 Å². The Balaban J connectivity index is 2.35. The van der Waals surface area contributed by atoms with Gasteiger partial charge in [-0.3, -0.25) is 0 Å². The van der Waals surface area contributed by atoms with Crippen molar-refractivity contribution in [3.63, 3.8) is 0 Å². The number of benzene rings is 2. The summed E-state index contributed by atoms with van der Waals surface area (Å²) in [5.41, 5.74) is 0.459. The van der Waals surface area contributed by atoms with E-state index in [2.05, 4.69) is 4.74 Å². The summed E-state index contributed by atoms with van der Waals surface area (Å²) in [6.07, 6.45) is -5.53. The summed E-state index contributed by atoms with van der Waals surface area (Å²) in [6, 6.07) is 6.91. The Morgan fingerprint density at radius 2 is 1.81 bits per heavy atom. The van der Waals surface area contributed by atoms with Gasteiger partial charge in [-0.15, -0.1) is 0 Å². The highest BCUT2D eigenvalue weighted by Crippen LogP contribution is 2.39. The molecule has 2 rings (SSSR count). The van der Waals surface area contributed by atoms with Crippen LogP contribution in [0, 0.1) is 13.8 Å². The number of aryl methyl sites for hydroxylation is 2. The molecule has 0 saturated carbocycles. The molecule has 0 unspecified atom stereocenters. The van der Waals surface area contributed by atoms with E-state index in [0.717, 1.165) is 19.2 Å². The highest BCUT2D eigenvalue weighted by Gasteiger charge is 2.35. The summed E-state index contributed by atoms with van der Waals surface area (Å²) in [5, 5.41) is 0.156. The van der Waals surface area contributed by atoms with E-state index in [9.17, 15) is 18.0 Å². The Hall–Kier alpha value is -2.41. The van der Waals surface area contributed by atoms with Gasteiger partial charge >= 0.3 is 12.3 Å². The molecule has 0 bridgehead atoms. The Bertz CT molecular complexity index is 819. The molecule has 2 aromatic carbocycles. The third-order valence-electron chi connectivity index (χ3n) is 3.67. The van der Waals surface area contributed by atoms with Crippen LogP contribution in [-0.2, 0) is 17.5 Å². The van der Waals surface area contributed by atoms with Crippen molar-refractivity contribution in [3.05, 3.63) is 57.6 Å². The van der Waals surface area contributed by atoms with Gasteiger partial charge in [-0.1, -0.05) is 23.7 Å². The molecule has 0 radical (unpaired) electrons. The van der Waals surface area contributed by atoms with Gasteiger partial charge in [-0.05, 0) is 43.2 Å². The SMILES string of the molecule is COC(=O)Oc1cccc(C)c1COc1cc(Cl)c(C)cc1C(F)(F)F. The summed E-state index contributed by atoms with van der Waals surface area (Å²) < 4.78 is 54.6. The van der Waals surface area contributed by atoms with Crippen molar-refractivity contribution in [2.24, 2.45) is 0 Å². The molecule has 4 nitrogen and oxygen atoms in total. The number of hydrogen-bond acceptors (Lipinski definition) is 4. The van der Waals surface area contributed by atoms with E-state index in [4.69, 9.17) is 21.1 Å². The van der Waals surface area contributed by atoms with Gasteiger partial charge in [0, 0.05) is 10.6 Å². The van der Waals surface area contributed by atoms with Crippen LogP contribution in [0.15, 0.2) is 30.3 Å². The summed E-state index contributed by atoms with van der Waals surface area (Å²) in [5.74, 6) is -0.260. The van der Waals surface area contributed by atoms with Crippen molar-refractivity contribution >= 4 is 17.8 Å². The topological polar surface area (TPSA) is 44.8 Å². The van der Waals surface area contributed by atoms with Crippen molar-refractivity contribution in [2.75, 3.05) is 7.11 Å². The molecule has 0 fully saturated rings. The lowest BCUT2D eigenvalue weighted by atomic mass is 10.1. The second kappa shape index (κ2) is 7.86. The number of hydrogen-bond donors (Lipinski definition) is 0. The number of ether oxygens (including phenoxy) is 3. The van der Waals surface area contributed by atoms with E-state index in [1.807, 2.05) is 0 Å². The maximum Gasteiger partial charge on any atom is 0.513 e. The van der Waals surface area contributed by atoms with Crippen molar-refractivity contribution in [1.29, 1.82) is 0 Å². The molecule has 0 aromatic heterocycles. The molecule has 140 valence electrons. The first-order chi connectivity index (χ1) is 12.1. The van der Waals surface area contributed by atoms with Gasteiger partial charge in [0.2, 0.25) is 0 Å². The number of rotatable bonds is 4. The van der Waals surface area contributed by atoms with Gasteiger partial charge in [0.15, 0.2) is 0 Å². The van der Waals surface area contributed by atoms with E-state index in [1.165, 1.54) is 13.0 Å². The van der Waals surface area contributed by atoms with E-state index in [0.29, 0.717) is 11.1 Å². The predicted octanol–water partition coefficient (Wildman–Crippen LogP) is 5.70. The van der Waals surface area contributed by atoms with Crippen LogP contribution in [0.3, 0.4) is 0 Å². The second-order valence-corrected chi connectivity index (χ2v) is 5.90. The zero-order valence-corrected chi connectivity index (χ0v) is 15.0. The molecule has 26 heavy (non-hydrogen) atoms. The minimum Gasteiger partial charge on any atom is -0.488 e. The predicted molar refractivity (Wildman–Crippen MR) is 89.7 cm³/mol. The Labute approximate surface area is 153 Å². The summed E-state index contributed by atoms with van der Waals surface area (Å²) in [6.45, 7) is 2.95. The number of alkyl halides is 3. The highest BCUT2D eigenvalue weighted by atomic mass is 35.5. The van der Waals surface area contributed by atoms with Crippen LogP contribution in [0.1, 0.15) is 22.3 Å². The Morgan fingerprint density at radius 1 is 1.12 bits per heavy atom. The quantitative estimate of drug-likeness (QED) is 0.498. The van der Waals surface area contributed by atoms with Crippen molar-refractivity contribution in [2.45, 2.75) is 26.6 Å². The van der Waals surface area contributed by atoms with Crippen LogP contribution in [0.5, 0.6) is 11.5 Å². The molecule has 0 heterocycles. The van der Waals surface area contributed by atoms with Gasteiger partial charge in [-0.25, -0.2) is 4.79 Å². The number of carbonyl (C=O) groups excluding carboxylic acids is 1. The molecule has 2 aromatic rings. The van der Waals surface area contributed by atoms with E-state index < -0.39 is 23.6 Å². The van der Waals surface area contributed by atoms with Gasteiger partial charge in [0.25, 0.3) is 0 Å². The van der Waals surface area contributed by atoms with Crippen molar-refractivity contribution in [3.8, 4) is 11.5 Å². The Kier molecular flexibility index (Phi) is 6.02. The fourth-order valence-corrected chi connectivity index (χ4v) is 2.40. The zero-order chi connectivity index (χ0) is 19.5. The first-order valence-electron chi connectivity index (χ1n) is 7.48. The standard InChI is InChI=1S/C18H16ClF3O4/c1-10-5-4-6-15(26-17(23)24-3)12(10)9-25-16-8-14(19)11(2)7-13(16)18(20,21)22/h4-8H,9H2,1-3H3. The summed E-state index contributed by atoms with van der Waals surface area (Å²) in [7, 11) is 1.15. The average molecular weight is 389 g/mol. The first-order valence-corrected chi connectivity index (χ1v) is 7.85. The monoisotopic (exact) mass is 388 g/mol. The van der Waals surface area contributed by atoms with Crippen LogP contribution in [-0.4, -0.2) is 13.3 Å². The lowest BCUT2D eigenvalue weighted by molar-refractivity contribution is -0.139. The lowest BCUT2D eigenvalue weighted by Gasteiger charge is -2.17. The molecule has 0 spiro atoms. The smallest absolute Gasteiger partial charge is 0.488 e. The van der Waals surface area contributed by atoms with Gasteiger partial charge in [0.05, 0.1) is 12.7 Å². The molecule has 0 aliphatic rings. The fourth-order valence-electron chi connectivity index (χ4n) is 2.24. The molecule has 0 aliphatic carbocycles. The summed E-state index contributed by atoms with van der Waals surface area (Å²) in [4.78, 5) is 11.3. The fraction of sp³-hybridized carbons (Fsp3) is 0.278. The number of carbonyl (C=O) groups is 1. The molecular formula is C18H16ClF3O4. The molecule has 0 atom stereocenters. The third kappa shape index (κ3) is 4.60. The molecule has 0 aliphatic heterocycles. The highest BCUT2D eigenvalue weighted by molar-refractivity contribution is 6.31. The average Bonchev–Trinajstić information content (AvgIpc) is 2.56. The first kappa shape index (κ1) is 19.9.